The lowest BCUT2D eigenvalue weighted by Crippen LogP contribution is -2.52. The predicted octanol–water partition coefficient (Wildman–Crippen LogP) is -0.511. The number of likely N-dealkylation sites (N-methyl/N-ethyl adjacent to an activating group) is 1. The molecule has 7 heteroatoms. The Morgan fingerprint density at radius 3 is 2.57 bits per heavy atom. The summed E-state index contributed by atoms with van der Waals surface area (Å²) < 4.78 is 5.88. The van der Waals surface area contributed by atoms with Crippen LogP contribution in [0.2, 0.25) is 0 Å². The van der Waals surface area contributed by atoms with Crippen LogP contribution in [0.15, 0.2) is 0 Å². The normalized spacial score (nSPS) is 27.7. The molecule has 0 bridgehead atoms. The highest BCUT2D eigenvalue weighted by Gasteiger charge is 2.32. The van der Waals surface area contributed by atoms with Gasteiger partial charge in [-0.25, -0.2) is 0 Å². The van der Waals surface area contributed by atoms with Crippen molar-refractivity contribution in [2.45, 2.75) is 50.4 Å². The second-order valence-electron chi connectivity index (χ2n) is 6.82. The number of hydrogen-bond acceptors (Lipinski definition) is 5. The quantitative estimate of drug-likeness (QED) is 0.558. The fourth-order valence-corrected chi connectivity index (χ4v) is 2.90. The molecule has 3 atom stereocenters. The largest absolute Gasteiger partial charge is 0.394 e. The number of carbonyl (C=O) groups excluding carboxylic acids is 2. The van der Waals surface area contributed by atoms with E-state index in [0.29, 0.717) is 13.1 Å². The van der Waals surface area contributed by atoms with Crippen LogP contribution in [0.1, 0.15) is 32.1 Å². The molecule has 1 saturated heterocycles. The number of nitrogens with one attached hydrogen (secondary N) is 2. The SMILES string of the molecule is CN(C)CC(=O)N[C@H]1CC[C@H](CCNC(=O)C2CC2)O[C@H]1CO. The molecule has 1 aliphatic heterocycles. The summed E-state index contributed by atoms with van der Waals surface area (Å²) in [4.78, 5) is 25.2. The number of hydrogen-bond donors (Lipinski definition) is 3. The second-order valence-corrected chi connectivity index (χ2v) is 6.82. The predicted molar refractivity (Wildman–Crippen MR) is 85.8 cm³/mol. The topological polar surface area (TPSA) is 90.9 Å². The van der Waals surface area contributed by atoms with Gasteiger partial charge in [0.05, 0.1) is 25.3 Å². The summed E-state index contributed by atoms with van der Waals surface area (Å²) in [5.41, 5.74) is 0. The van der Waals surface area contributed by atoms with Crippen molar-refractivity contribution in [2.24, 2.45) is 5.92 Å². The number of nitrogens with zero attached hydrogens (tertiary/aromatic N) is 1. The Morgan fingerprint density at radius 1 is 1.22 bits per heavy atom. The smallest absolute Gasteiger partial charge is 0.234 e. The monoisotopic (exact) mass is 327 g/mol. The Labute approximate surface area is 137 Å². The molecule has 0 aromatic rings. The lowest BCUT2D eigenvalue weighted by atomic mass is 9.97. The Balaban J connectivity index is 1.69. The molecule has 1 heterocycles. The van der Waals surface area contributed by atoms with Crippen LogP contribution < -0.4 is 10.6 Å². The lowest BCUT2D eigenvalue weighted by molar-refractivity contribution is -0.129. The van der Waals surface area contributed by atoms with Crippen LogP contribution in [0, 0.1) is 5.92 Å². The molecule has 0 unspecified atom stereocenters. The molecule has 0 aromatic heterocycles. The molecule has 1 saturated carbocycles. The van der Waals surface area contributed by atoms with Gasteiger partial charge in [-0.3, -0.25) is 9.59 Å². The van der Waals surface area contributed by atoms with Gasteiger partial charge in [0.2, 0.25) is 11.8 Å². The van der Waals surface area contributed by atoms with E-state index in [1.165, 1.54) is 0 Å². The van der Waals surface area contributed by atoms with E-state index in [0.717, 1.165) is 32.1 Å². The molecule has 2 amide bonds. The van der Waals surface area contributed by atoms with Crippen molar-refractivity contribution in [3.8, 4) is 0 Å². The number of aliphatic hydroxyl groups excluding tert-OH is 1. The highest BCUT2D eigenvalue weighted by Crippen LogP contribution is 2.28. The highest BCUT2D eigenvalue weighted by atomic mass is 16.5. The van der Waals surface area contributed by atoms with E-state index in [1.807, 2.05) is 14.1 Å². The third kappa shape index (κ3) is 6.08. The molecular weight excluding hydrogens is 298 g/mol. The van der Waals surface area contributed by atoms with Crippen LogP contribution >= 0.6 is 0 Å². The third-order valence-electron chi connectivity index (χ3n) is 4.32. The van der Waals surface area contributed by atoms with Crippen molar-refractivity contribution in [3.05, 3.63) is 0 Å². The number of rotatable bonds is 8. The number of aliphatic hydroxyl groups is 1. The minimum absolute atomic E-state index is 0.0219. The van der Waals surface area contributed by atoms with Gasteiger partial charge < -0.3 is 25.4 Å². The van der Waals surface area contributed by atoms with Crippen molar-refractivity contribution in [2.75, 3.05) is 33.8 Å². The van der Waals surface area contributed by atoms with Gasteiger partial charge in [-0.15, -0.1) is 0 Å². The van der Waals surface area contributed by atoms with E-state index in [-0.39, 0.29) is 42.6 Å². The Kier molecular flexibility index (Phi) is 6.80. The standard InChI is InChI=1S/C16H29N3O4/c1-19(2)9-15(21)18-13-6-5-12(23-14(13)10-20)7-8-17-16(22)11-3-4-11/h11-14,20H,3-10H2,1-2H3,(H,17,22)(H,18,21)/t12-,13+,14+/m1/s1. The van der Waals surface area contributed by atoms with Crippen molar-refractivity contribution < 1.29 is 19.4 Å². The maximum atomic E-state index is 11.8. The second kappa shape index (κ2) is 8.61. The zero-order valence-electron chi connectivity index (χ0n) is 14.1. The van der Waals surface area contributed by atoms with E-state index >= 15 is 0 Å². The molecule has 7 nitrogen and oxygen atoms in total. The summed E-state index contributed by atoms with van der Waals surface area (Å²) in [7, 11) is 3.68. The van der Waals surface area contributed by atoms with Crippen molar-refractivity contribution in [3.63, 3.8) is 0 Å². The van der Waals surface area contributed by atoms with Crippen LogP contribution in [-0.4, -0.2) is 73.9 Å². The first-order chi connectivity index (χ1) is 11.0. The van der Waals surface area contributed by atoms with Gasteiger partial charge in [0.15, 0.2) is 0 Å². The molecule has 0 spiro atoms. The fraction of sp³-hybridized carbons (Fsp3) is 0.875. The third-order valence-corrected chi connectivity index (χ3v) is 4.32. The molecule has 2 fully saturated rings. The Hall–Kier alpha value is -1.18. The molecule has 132 valence electrons. The molecule has 3 N–H and O–H groups in total. The van der Waals surface area contributed by atoms with Gasteiger partial charge in [0.1, 0.15) is 6.10 Å². The van der Waals surface area contributed by atoms with Gasteiger partial charge >= 0.3 is 0 Å². The molecule has 0 radical (unpaired) electrons. The van der Waals surface area contributed by atoms with E-state index in [4.69, 9.17) is 4.74 Å². The van der Waals surface area contributed by atoms with Crippen molar-refractivity contribution in [1.82, 2.24) is 15.5 Å². The summed E-state index contributed by atoms with van der Waals surface area (Å²) in [5.74, 6) is 0.314. The average molecular weight is 327 g/mol. The first-order valence-corrected chi connectivity index (χ1v) is 8.47. The summed E-state index contributed by atoms with van der Waals surface area (Å²) in [5, 5.41) is 15.4. The molecule has 1 aliphatic carbocycles. The first-order valence-electron chi connectivity index (χ1n) is 8.47. The summed E-state index contributed by atoms with van der Waals surface area (Å²) in [6, 6.07) is -0.148. The molecule has 23 heavy (non-hydrogen) atoms. The van der Waals surface area contributed by atoms with Crippen LogP contribution in [0.3, 0.4) is 0 Å². The average Bonchev–Trinajstić information content (AvgIpc) is 3.32. The summed E-state index contributed by atoms with van der Waals surface area (Å²) >= 11 is 0. The zero-order chi connectivity index (χ0) is 16.8. The van der Waals surface area contributed by atoms with Crippen LogP contribution in [0.5, 0.6) is 0 Å². The summed E-state index contributed by atoms with van der Waals surface area (Å²) in [6.07, 6.45) is 4.01. The van der Waals surface area contributed by atoms with Crippen molar-refractivity contribution in [1.29, 1.82) is 0 Å². The summed E-state index contributed by atoms with van der Waals surface area (Å²) in [6.45, 7) is 0.818. The Bertz CT molecular complexity index is 412. The van der Waals surface area contributed by atoms with Crippen LogP contribution in [0.25, 0.3) is 0 Å². The molecule has 2 aliphatic rings. The van der Waals surface area contributed by atoms with Gasteiger partial charge in [-0.2, -0.15) is 0 Å². The first kappa shape index (κ1) is 18.2. The maximum absolute atomic E-state index is 11.8. The van der Waals surface area contributed by atoms with E-state index < -0.39 is 0 Å². The van der Waals surface area contributed by atoms with E-state index in [1.54, 1.807) is 4.90 Å². The number of amides is 2. The van der Waals surface area contributed by atoms with E-state index in [2.05, 4.69) is 10.6 Å². The maximum Gasteiger partial charge on any atom is 0.234 e. The van der Waals surface area contributed by atoms with Crippen molar-refractivity contribution >= 4 is 11.8 Å². The van der Waals surface area contributed by atoms with Gasteiger partial charge in [-0.1, -0.05) is 0 Å². The van der Waals surface area contributed by atoms with E-state index in [9.17, 15) is 14.7 Å². The van der Waals surface area contributed by atoms with Gasteiger partial charge in [0.25, 0.3) is 0 Å². The van der Waals surface area contributed by atoms with Gasteiger partial charge in [0, 0.05) is 12.5 Å². The fourth-order valence-electron chi connectivity index (χ4n) is 2.90. The Morgan fingerprint density at radius 2 is 1.96 bits per heavy atom. The molecule has 2 rings (SSSR count). The number of ether oxygens (including phenoxy) is 1. The zero-order valence-corrected chi connectivity index (χ0v) is 14.1. The van der Waals surface area contributed by atoms with Gasteiger partial charge in [-0.05, 0) is 46.2 Å². The minimum Gasteiger partial charge on any atom is -0.394 e. The van der Waals surface area contributed by atoms with Crippen LogP contribution in [0.4, 0.5) is 0 Å². The van der Waals surface area contributed by atoms with Crippen LogP contribution in [-0.2, 0) is 14.3 Å². The lowest BCUT2D eigenvalue weighted by Gasteiger charge is -2.36. The number of carbonyl (C=O) groups is 2. The molecule has 0 aromatic carbocycles. The highest BCUT2D eigenvalue weighted by molar-refractivity contribution is 5.80. The molecular formula is C16H29N3O4. The minimum atomic E-state index is -0.376.